The highest BCUT2D eigenvalue weighted by molar-refractivity contribution is 6.02. The molecule has 3 heterocycles. The first-order chi connectivity index (χ1) is 14.3. The predicted octanol–water partition coefficient (Wildman–Crippen LogP) is 0.896. The summed E-state index contributed by atoms with van der Waals surface area (Å²) < 4.78 is 16.2. The van der Waals surface area contributed by atoms with E-state index < -0.39 is 42.0 Å². The van der Waals surface area contributed by atoms with Crippen LogP contribution in [0.4, 0.5) is 5.69 Å². The summed E-state index contributed by atoms with van der Waals surface area (Å²) in [6.45, 7) is 4.63. The number of hydrogen-bond donors (Lipinski definition) is 1. The Kier molecular flexibility index (Phi) is 5.38. The van der Waals surface area contributed by atoms with Crippen molar-refractivity contribution in [2.75, 3.05) is 38.3 Å². The maximum absolute atomic E-state index is 13.3. The zero-order valence-electron chi connectivity index (χ0n) is 17.3. The molecule has 0 aliphatic carbocycles. The van der Waals surface area contributed by atoms with Crippen LogP contribution in [0.25, 0.3) is 0 Å². The van der Waals surface area contributed by atoms with Crippen LogP contribution in [0.5, 0.6) is 0 Å². The summed E-state index contributed by atoms with van der Waals surface area (Å²) in [6, 6.07) is 5.95. The minimum Gasteiger partial charge on any atom is -0.455 e. The normalized spacial score (nSPS) is 28.7. The number of nitrogens with zero attached hydrogens (tertiary/aromatic N) is 1. The van der Waals surface area contributed by atoms with E-state index in [9.17, 15) is 14.4 Å². The van der Waals surface area contributed by atoms with E-state index in [1.165, 1.54) is 7.11 Å². The number of ether oxygens (including phenoxy) is 3. The van der Waals surface area contributed by atoms with Crippen LogP contribution >= 0.6 is 0 Å². The number of hydrogen-bond acceptors (Lipinski definition) is 6. The van der Waals surface area contributed by atoms with E-state index in [4.69, 9.17) is 14.2 Å². The first kappa shape index (κ1) is 20.6. The molecule has 160 valence electrons. The number of anilines is 1. The lowest BCUT2D eigenvalue weighted by molar-refractivity contribution is -0.155. The number of methoxy groups -OCH3 is 1. The first-order valence-corrected chi connectivity index (χ1v) is 10.0. The van der Waals surface area contributed by atoms with Crippen molar-refractivity contribution in [3.8, 4) is 0 Å². The number of carbonyl (C=O) groups excluding carboxylic acids is 3. The van der Waals surface area contributed by atoms with Gasteiger partial charge in [-0.2, -0.15) is 0 Å². The highest BCUT2D eigenvalue weighted by atomic mass is 16.6. The number of nitrogens with one attached hydrogen (secondary N) is 1. The summed E-state index contributed by atoms with van der Waals surface area (Å²) in [4.78, 5) is 39.6. The maximum atomic E-state index is 13.3. The van der Waals surface area contributed by atoms with Gasteiger partial charge in [-0.3, -0.25) is 14.4 Å². The molecule has 3 aliphatic heterocycles. The van der Waals surface area contributed by atoms with Gasteiger partial charge in [0.2, 0.25) is 5.91 Å². The molecule has 1 aromatic carbocycles. The molecular formula is C22H26N2O6. The highest BCUT2D eigenvalue weighted by Gasteiger charge is 2.67. The van der Waals surface area contributed by atoms with Crippen molar-refractivity contribution in [1.29, 1.82) is 0 Å². The second-order valence-electron chi connectivity index (χ2n) is 8.12. The van der Waals surface area contributed by atoms with E-state index in [1.807, 2.05) is 44.2 Å². The Labute approximate surface area is 175 Å². The largest absolute Gasteiger partial charge is 0.455 e. The summed E-state index contributed by atoms with van der Waals surface area (Å²) in [7, 11) is 1.53. The summed E-state index contributed by atoms with van der Waals surface area (Å²) in [5.41, 5.74) is 2.09. The molecular weight excluding hydrogens is 388 g/mol. The van der Waals surface area contributed by atoms with Gasteiger partial charge in [-0.15, -0.1) is 0 Å². The van der Waals surface area contributed by atoms with E-state index in [0.717, 1.165) is 16.8 Å². The lowest BCUT2D eigenvalue weighted by Gasteiger charge is -2.22. The standard InChI is InChI=1S/C22H26N2O6/c1-13-8-14(2)10-15(9-13)24-12-22-5-4-16(30-22)18(19(22)20(24)26)21(27)29-11-17(25)23-6-7-28-3/h4-5,8-10,16,18-19H,6-7,11-12H2,1-3H3,(H,23,25)/t16-,18+,19-,22-/m1/s1. The van der Waals surface area contributed by atoms with Gasteiger partial charge in [-0.05, 0) is 37.1 Å². The SMILES string of the molecule is COCCNC(=O)COC(=O)[C@H]1[C@H]2C=C[C@]3(CN(c4cc(C)cc(C)c4)C(=O)[C@@H]13)O2. The second-order valence-corrected chi connectivity index (χ2v) is 8.12. The smallest absolute Gasteiger partial charge is 0.313 e. The van der Waals surface area contributed by atoms with Crippen LogP contribution in [0.15, 0.2) is 30.4 Å². The van der Waals surface area contributed by atoms with Gasteiger partial charge in [0.15, 0.2) is 6.61 Å². The molecule has 1 N–H and O–H groups in total. The van der Waals surface area contributed by atoms with E-state index in [1.54, 1.807) is 4.90 Å². The molecule has 0 unspecified atom stereocenters. The van der Waals surface area contributed by atoms with Gasteiger partial charge in [-0.25, -0.2) is 0 Å². The molecule has 8 heteroatoms. The highest BCUT2D eigenvalue weighted by Crippen LogP contribution is 2.53. The molecule has 4 atom stereocenters. The van der Waals surface area contributed by atoms with Gasteiger partial charge in [0, 0.05) is 19.3 Å². The van der Waals surface area contributed by atoms with Gasteiger partial charge < -0.3 is 24.4 Å². The molecule has 2 amide bonds. The Balaban J connectivity index is 1.48. The Morgan fingerprint density at radius 3 is 2.70 bits per heavy atom. The van der Waals surface area contributed by atoms with Crippen LogP contribution in [-0.2, 0) is 28.6 Å². The number of fused-ring (bicyclic) bond motifs is 1. The Hall–Kier alpha value is -2.71. The third kappa shape index (κ3) is 3.50. The molecule has 2 bridgehead atoms. The summed E-state index contributed by atoms with van der Waals surface area (Å²) in [6.07, 6.45) is 3.20. The summed E-state index contributed by atoms with van der Waals surface area (Å²) >= 11 is 0. The lowest BCUT2D eigenvalue weighted by Crippen LogP contribution is -2.41. The lowest BCUT2D eigenvalue weighted by atomic mass is 9.77. The van der Waals surface area contributed by atoms with Gasteiger partial charge in [0.25, 0.3) is 5.91 Å². The van der Waals surface area contributed by atoms with Gasteiger partial charge >= 0.3 is 5.97 Å². The van der Waals surface area contributed by atoms with Crippen LogP contribution in [0.3, 0.4) is 0 Å². The molecule has 0 saturated carbocycles. The van der Waals surface area contributed by atoms with Gasteiger partial charge in [-0.1, -0.05) is 18.2 Å². The zero-order chi connectivity index (χ0) is 21.5. The molecule has 30 heavy (non-hydrogen) atoms. The topological polar surface area (TPSA) is 94.2 Å². The number of esters is 1. The Morgan fingerprint density at radius 2 is 2.00 bits per heavy atom. The van der Waals surface area contributed by atoms with E-state index in [2.05, 4.69) is 5.32 Å². The van der Waals surface area contributed by atoms with Crippen molar-refractivity contribution in [3.63, 3.8) is 0 Å². The number of aryl methyl sites for hydroxylation is 2. The van der Waals surface area contributed by atoms with Crippen molar-refractivity contribution in [1.82, 2.24) is 5.32 Å². The monoisotopic (exact) mass is 414 g/mol. The van der Waals surface area contributed by atoms with Crippen LogP contribution < -0.4 is 10.2 Å². The molecule has 3 aliphatic rings. The van der Waals surface area contributed by atoms with E-state index >= 15 is 0 Å². The average Bonchev–Trinajstić information content (AvgIpc) is 3.34. The third-order valence-electron chi connectivity index (χ3n) is 5.86. The molecule has 1 spiro atoms. The van der Waals surface area contributed by atoms with Crippen LogP contribution in [-0.4, -0.2) is 62.9 Å². The number of amides is 2. The van der Waals surface area contributed by atoms with Gasteiger partial charge in [0.05, 0.1) is 25.2 Å². The van der Waals surface area contributed by atoms with Crippen LogP contribution in [0.2, 0.25) is 0 Å². The molecule has 0 radical (unpaired) electrons. The van der Waals surface area contributed by atoms with E-state index in [0.29, 0.717) is 19.7 Å². The van der Waals surface area contributed by atoms with E-state index in [-0.39, 0.29) is 5.91 Å². The molecule has 8 nitrogen and oxygen atoms in total. The fraction of sp³-hybridized carbons (Fsp3) is 0.500. The number of rotatable bonds is 7. The average molecular weight is 414 g/mol. The molecule has 2 fully saturated rings. The van der Waals surface area contributed by atoms with Crippen molar-refractivity contribution in [2.24, 2.45) is 11.8 Å². The fourth-order valence-electron chi connectivity index (χ4n) is 4.67. The van der Waals surface area contributed by atoms with Gasteiger partial charge in [0.1, 0.15) is 11.5 Å². The molecule has 1 aromatic rings. The van der Waals surface area contributed by atoms with Crippen LogP contribution in [0, 0.1) is 25.7 Å². The minimum atomic E-state index is -0.830. The van der Waals surface area contributed by atoms with Crippen molar-refractivity contribution >= 4 is 23.5 Å². The summed E-state index contributed by atoms with van der Waals surface area (Å²) in [5.74, 6) is -2.57. The molecule has 2 saturated heterocycles. The van der Waals surface area contributed by atoms with Crippen LogP contribution in [0.1, 0.15) is 11.1 Å². The Bertz CT molecular complexity index is 893. The quantitative estimate of drug-likeness (QED) is 0.405. The predicted molar refractivity (Wildman–Crippen MR) is 108 cm³/mol. The second kappa shape index (κ2) is 7.85. The number of carbonyl (C=O) groups is 3. The minimum absolute atomic E-state index is 0.154. The summed E-state index contributed by atoms with van der Waals surface area (Å²) in [5, 5.41) is 2.59. The third-order valence-corrected chi connectivity index (χ3v) is 5.86. The number of benzene rings is 1. The van der Waals surface area contributed by atoms with Crippen molar-refractivity contribution in [2.45, 2.75) is 25.6 Å². The molecule has 4 rings (SSSR count). The first-order valence-electron chi connectivity index (χ1n) is 10.0. The zero-order valence-corrected chi connectivity index (χ0v) is 17.3. The fourth-order valence-corrected chi connectivity index (χ4v) is 4.67. The van der Waals surface area contributed by atoms with Crippen molar-refractivity contribution < 1.29 is 28.6 Å². The Morgan fingerprint density at radius 1 is 1.27 bits per heavy atom. The van der Waals surface area contributed by atoms with Crippen molar-refractivity contribution in [3.05, 3.63) is 41.5 Å². The molecule has 0 aromatic heterocycles. The maximum Gasteiger partial charge on any atom is 0.313 e.